The number of para-hydroxylation sites is 1. The van der Waals surface area contributed by atoms with E-state index in [9.17, 15) is 9.59 Å². The molecular weight excluding hydrogens is 428 g/mol. The summed E-state index contributed by atoms with van der Waals surface area (Å²) in [6.07, 6.45) is 0. The molecule has 4 aromatic rings. The number of carboxylic acids is 1. The van der Waals surface area contributed by atoms with Gasteiger partial charge in [0.15, 0.2) is 0 Å². The van der Waals surface area contributed by atoms with Gasteiger partial charge >= 0.3 is 5.97 Å². The van der Waals surface area contributed by atoms with Crippen LogP contribution in [0.3, 0.4) is 0 Å². The van der Waals surface area contributed by atoms with Gasteiger partial charge in [-0.1, -0.05) is 48.0 Å². The topological polar surface area (TPSA) is 88.5 Å². The first-order chi connectivity index (χ1) is 15.5. The Morgan fingerprint density at radius 2 is 1.62 bits per heavy atom. The number of benzene rings is 3. The van der Waals surface area contributed by atoms with Crippen molar-refractivity contribution in [2.75, 3.05) is 0 Å². The number of amides is 1. The number of nitrogens with zero attached hydrogens (tertiary/aromatic N) is 1. The van der Waals surface area contributed by atoms with Crippen molar-refractivity contribution in [1.82, 2.24) is 10.3 Å². The first-order valence-corrected chi connectivity index (χ1v) is 10.2. The Labute approximate surface area is 189 Å². The molecule has 0 radical (unpaired) electrons. The zero-order chi connectivity index (χ0) is 22.5. The number of nitrogens with one attached hydrogen (secondary N) is 1. The lowest BCUT2D eigenvalue weighted by molar-refractivity contribution is 0.0696. The Balaban J connectivity index is 1.52. The third-order valence-electron chi connectivity index (χ3n) is 4.87. The molecule has 7 heteroatoms. The summed E-state index contributed by atoms with van der Waals surface area (Å²) in [6, 6.07) is 22.8. The lowest BCUT2D eigenvalue weighted by Gasteiger charge is -2.12. The number of halogens is 1. The zero-order valence-corrected chi connectivity index (χ0v) is 17.7. The summed E-state index contributed by atoms with van der Waals surface area (Å²) in [5, 5.41) is 13.3. The number of aromatic carboxylic acids is 1. The second-order valence-corrected chi connectivity index (χ2v) is 7.56. The van der Waals surface area contributed by atoms with E-state index in [2.05, 4.69) is 10.3 Å². The quantitative estimate of drug-likeness (QED) is 0.412. The fourth-order valence-corrected chi connectivity index (χ4v) is 3.28. The molecule has 6 nitrogen and oxygen atoms in total. The van der Waals surface area contributed by atoms with E-state index in [1.54, 1.807) is 30.3 Å². The average Bonchev–Trinajstić information content (AvgIpc) is 2.82. The van der Waals surface area contributed by atoms with Crippen LogP contribution >= 0.6 is 11.6 Å². The molecule has 0 spiro atoms. The van der Waals surface area contributed by atoms with Crippen LogP contribution in [0, 0.1) is 0 Å². The van der Waals surface area contributed by atoms with Gasteiger partial charge in [0.1, 0.15) is 18.1 Å². The highest BCUT2D eigenvalue weighted by molar-refractivity contribution is 6.30. The first-order valence-electron chi connectivity index (χ1n) is 9.87. The van der Waals surface area contributed by atoms with Crippen molar-refractivity contribution < 1.29 is 19.4 Å². The van der Waals surface area contributed by atoms with Gasteiger partial charge in [-0.2, -0.15) is 0 Å². The summed E-state index contributed by atoms with van der Waals surface area (Å²) in [6.45, 7) is 0.566. The van der Waals surface area contributed by atoms with E-state index in [0.29, 0.717) is 22.9 Å². The molecule has 2 N–H and O–H groups in total. The fourth-order valence-electron chi connectivity index (χ4n) is 3.16. The molecule has 0 fully saturated rings. The molecule has 1 amide bonds. The molecule has 0 unspecified atom stereocenters. The van der Waals surface area contributed by atoms with Gasteiger partial charge in [0.25, 0.3) is 5.91 Å². The summed E-state index contributed by atoms with van der Waals surface area (Å²) >= 11 is 5.94. The molecule has 0 saturated carbocycles. The van der Waals surface area contributed by atoms with Gasteiger partial charge in [-0.15, -0.1) is 0 Å². The number of hydrogen-bond acceptors (Lipinski definition) is 4. The largest absolute Gasteiger partial charge is 0.488 e. The Hall–Kier alpha value is -3.90. The van der Waals surface area contributed by atoms with Gasteiger partial charge in [0, 0.05) is 23.0 Å². The van der Waals surface area contributed by atoms with E-state index in [-0.39, 0.29) is 23.7 Å². The summed E-state index contributed by atoms with van der Waals surface area (Å²) in [5.74, 6) is -0.789. The molecule has 0 saturated heterocycles. The second kappa shape index (κ2) is 9.49. The van der Waals surface area contributed by atoms with E-state index in [4.69, 9.17) is 21.4 Å². The normalized spacial score (nSPS) is 10.7. The maximum absolute atomic E-state index is 12.8. The lowest BCUT2D eigenvalue weighted by Crippen LogP contribution is -2.24. The Kier molecular flexibility index (Phi) is 6.33. The van der Waals surface area contributed by atoms with Crippen molar-refractivity contribution >= 4 is 34.4 Å². The maximum Gasteiger partial charge on any atom is 0.335 e. The fraction of sp³-hybridized carbons (Fsp3) is 0.0800. The van der Waals surface area contributed by atoms with Gasteiger partial charge in [-0.3, -0.25) is 4.79 Å². The van der Waals surface area contributed by atoms with E-state index in [0.717, 1.165) is 16.5 Å². The Morgan fingerprint density at radius 3 is 2.34 bits per heavy atom. The number of rotatable bonds is 7. The summed E-state index contributed by atoms with van der Waals surface area (Å²) in [5.41, 5.74) is 2.81. The van der Waals surface area contributed by atoms with Crippen molar-refractivity contribution in [3.8, 4) is 5.75 Å². The number of carbonyl (C=O) groups is 2. The van der Waals surface area contributed by atoms with E-state index >= 15 is 0 Å². The number of carbonyl (C=O) groups excluding carboxylic acids is 1. The summed E-state index contributed by atoms with van der Waals surface area (Å²) in [4.78, 5) is 28.2. The molecule has 0 aliphatic carbocycles. The minimum Gasteiger partial charge on any atom is -0.488 e. The number of fused-ring (bicyclic) bond motifs is 1. The summed E-state index contributed by atoms with van der Waals surface area (Å²) < 4.78 is 6.02. The number of aromatic nitrogens is 1. The van der Waals surface area contributed by atoms with Crippen LogP contribution in [0.25, 0.3) is 10.9 Å². The Bertz CT molecular complexity index is 1270. The minimum absolute atomic E-state index is 0.193. The second-order valence-electron chi connectivity index (χ2n) is 7.12. The molecule has 1 heterocycles. The number of ether oxygens (including phenoxy) is 1. The smallest absolute Gasteiger partial charge is 0.335 e. The molecule has 160 valence electrons. The average molecular weight is 447 g/mol. The molecule has 0 aliphatic heterocycles. The standard InChI is InChI=1S/C25H19ClN2O4/c26-19-11-7-17(8-12-19)15-32-23-13-22(28-21-4-2-1-3-20(21)23)24(29)27-14-16-5-9-18(10-6-16)25(30)31/h1-13H,14-15H2,(H,27,29)(H,30,31). The molecule has 1 aromatic heterocycles. The van der Waals surface area contributed by atoms with Crippen LogP contribution in [0.5, 0.6) is 5.75 Å². The van der Waals surface area contributed by atoms with Crippen molar-refractivity contribution in [1.29, 1.82) is 0 Å². The monoisotopic (exact) mass is 446 g/mol. The molecule has 0 aliphatic rings. The van der Waals surface area contributed by atoms with Gasteiger partial charge in [0.05, 0.1) is 11.1 Å². The maximum atomic E-state index is 12.8. The van der Waals surface area contributed by atoms with Gasteiger partial charge < -0.3 is 15.2 Å². The first kappa shape index (κ1) is 21.3. The van der Waals surface area contributed by atoms with Crippen LogP contribution in [0.15, 0.2) is 78.9 Å². The highest BCUT2D eigenvalue weighted by Gasteiger charge is 2.13. The van der Waals surface area contributed by atoms with Crippen LogP contribution in [0.1, 0.15) is 32.0 Å². The predicted molar refractivity (Wildman–Crippen MR) is 122 cm³/mol. The molecule has 0 bridgehead atoms. The van der Waals surface area contributed by atoms with Crippen LogP contribution in [0.2, 0.25) is 5.02 Å². The minimum atomic E-state index is -0.993. The van der Waals surface area contributed by atoms with Gasteiger partial charge in [0.2, 0.25) is 0 Å². The molecule has 3 aromatic carbocycles. The van der Waals surface area contributed by atoms with Crippen LogP contribution in [0.4, 0.5) is 0 Å². The third kappa shape index (κ3) is 5.04. The number of hydrogen-bond donors (Lipinski definition) is 2. The summed E-state index contributed by atoms with van der Waals surface area (Å²) in [7, 11) is 0. The van der Waals surface area contributed by atoms with Crippen molar-refractivity contribution in [3.63, 3.8) is 0 Å². The molecule has 32 heavy (non-hydrogen) atoms. The lowest BCUT2D eigenvalue weighted by atomic mass is 10.1. The number of carboxylic acid groups (broad SMARTS) is 1. The van der Waals surface area contributed by atoms with Gasteiger partial charge in [-0.25, -0.2) is 9.78 Å². The van der Waals surface area contributed by atoms with Crippen LogP contribution in [-0.2, 0) is 13.2 Å². The third-order valence-corrected chi connectivity index (χ3v) is 5.12. The molecule has 0 atom stereocenters. The van der Waals surface area contributed by atoms with E-state index in [1.807, 2.05) is 36.4 Å². The van der Waals surface area contributed by atoms with E-state index in [1.165, 1.54) is 12.1 Å². The number of pyridine rings is 1. The zero-order valence-electron chi connectivity index (χ0n) is 16.9. The Morgan fingerprint density at radius 1 is 0.938 bits per heavy atom. The SMILES string of the molecule is O=C(O)c1ccc(CNC(=O)c2cc(OCc3ccc(Cl)cc3)c3ccccc3n2)cc1. The van der Waals surface area contributed by atoms with Gasteiger partial charge in [-0.05, 0) is 47.5 Å². The van der Waals surface area contributed by atoms with Crippen molar-refractivity contribution in [2.45, 2.75) is 13.2 Å². The van der Waals surface area contributed by atoms with Crippen LogP contribution < -0.4 is 10.1 Å². The predicted octanol–water partition coefficient (Wildman–Crippen LogP) is 5.10. The van der Waals surface area contributed by atoms with Crippen LogP contribution in [-0.4, -0.2) is 22.0 Å². The highest BCUT2D eigenvalue weighted by atomic mass is 35.5. The van der Waals surface area contributed by atoms with E-state index < -0.39 is 5.97 Å². The van der Waals surface area contributed by atoms with Crippen molar-refractivity contribution in [3.05, 3.63) is 106 Å². The molecule has 4 rings (SSSR count). The molecular formula is C25H19ClN2O4. The van der Waals surface area contributed by atoms with Crippen molar-refractivity contribution in [2.24, 2.45) is 0 Å². The highest BCUT2D eigenvalue weighted by Crippen LogP contribution is 2.26.